The Morgan fingerprint density at radius 1 is 0.867 bits per heavy atom. The number of ether oxygens (including phenoxy) is 2. The molecule has 0 saturated carbocycles. The summed E-state index contributed by atoms with van der Waals surface area (Å²) in [5.41, 5.74) is 0.332. The van der Waals surface area contributed by atoms with E-state index in [2.05, 4.69) is 15.9 Å². The maximum Gasteiger partial charge on any atom is 0.353 e. The summed E-state index contributed by atoms with van der Waals surface area (Å²) in [6, 6.07) is 22.8. The molecule has 0 bridgehead atoms. The summed E-state index contributed by atoms with van der Waals surface area (Å²) < 4.78 is 12.5. The first-order chi connectivity index (χ1) is 14.5. The van der Waals surface area contributed by atoms with Gasteiger partial charge in [-0.2, -0.15) is 0 Å². The maximum absolute atomic E-state index is 13.3. The number of halogens is 2. The van der Waals surface area contributed by atoms with Gasteiger partial charge in [0.05, 0.1) is 0 Å². The van der Waals surface area contributed by atoms with E-state index in [1.807, 2.05) is 42.5 Å². The highest BCUT2D eigenvalue weighted by Gasteiger charge is 2.73. The lowest BCUT2D eigenvalue weighted by atomic mass is 9.77. The number of para-hydroxylation sites is 1. The first kappa shape index (κ1) is 19.3. The van der Waals surface area contributed by atoms with Crippen molar-refractivity contribution < 1.29 is 19.1 Å². The molecule has 7 heteroatoms. The summed E-state index contributed by atoms with van der Waals surface area (Å²) in [6.45, 7) is 0. The van der Waals surface area contributed by atoms with Crippen molar-refractivity contribution in [2.24, 2.45) is 0 Å². The largest absolute Gasteiger partial charge is 0.429 e. The van der Waals surface area contributed by atoms with Gasteiger partial charge < -0.3 is 9.47 Å². The van der Waals surface area contributed by atoms with E-state index in [9.17, 15) is 9.59 Å². The van der Waals surface area contributed by atoms with Crippen LogP contribution in [0.3, 0.4) is 0 Å². The number of hydrogen-bond acceptors (Lipinski definition) is 4. The van der Waals surface area contributed by atoms with Gasteiger partial charge >= 0.3 is 5.97 Å². The van der Waals surface area contributed by atoms with Gasteiger partial charge in [0.15, 0.2) is 0 Å². The Morgan fingerprint density at radius 2 is 1.50 bits per heavy atom. The Bertz CT molecular complexity index is 1120. The van der Waals surface area contributed by atoms with Crippen LogP contribution in [0.1, 0.15) is 23.5 Å². The van der Waals surface area contributed by atoms with E-state index in [-0.39, 0.29) is 0 Å². The first-order valence-corrected chi connectivity index (χ1v) is 10.5. The summed E-state index contributed by atoms with van der Waals surface area (Å²) in [7, 11) is 0. The molecule has 0 radical (unpaired) electrons. The molecule has 1 spiro atoms. The summed E-state index contributed by atoms with van der Waals surface area (Å²) >= 11 is 9.43. The third-order valence-corrected chi connectivity index (χ3v) is 6.13. The molecular formula is C23H15BrClNO4. The van der Waals surface area contributed by atoms with Crippen LogP contribution >= 0.6 is 27.5 Å². The van der Waals surface area contributed by atoms with E-state index in [0.29, 0.717) is 16.3 Å². The SMILES string of the molecule is O=C1O[C@H](c2ccc(Br)cc2)O[C@@]12C(=O)N(c1ccccc1)[C@H]2c1ccc(Cl)cc1. The minimum absolute atomic E-state index is 0.446. The second-order valence-electron chi connectivity index (χ2n) is 7.11. The molecule has 0 aromatic heterocycles. The van der Waals surface area contributed by atoms with E-state index in [1.54, 1.807) is 41.3 Å². The fourth-order valence-corrected chi connectivity index (χ4v) is 4.30. The molecule has 2 fully saturated rings. The van der Waals surface area contributed by atoms with Crippen molar-refractivity contribution >= 4 is 45.1 Å². The number of nitrogens with zero attached hydrogens (tertiary/aromatic N) is 1. The van der Waals surface area contributed by atoms with Crippen molar-refractivity contribution in [1.29, 1.82) is 0 Å². The summed E-state index contributed by atoms with van der Waals surface area (Å²) in [5, 5.41) is 0.562. The van der Waals surface area contributed by atoms with Gasteiger partial charge in [0.2, 0.25) is 6.29 Å². The van der Waals surface area contributed by atoms with Crippen molar-refractivity contribution in [2.45, 2.75) is 17.9 Å². The van der Waals surface area contributed by atoms with Crippen LogP contribution in [-0.2, 0) is 19.1 Å². The lowest BCUT2D eigenvalue weighted by Crippen LogP contribution is -2.71. The summed E-state index contributed by atoms with van der Waals surface area (Å²) in [4.78, 5) is 27.9. The molecule has 3 aromatic rings. The normalized spacial score (nSPS) is 25.3. The van der Waals surface area contributed by atoms with Crippen LogP contribution in [0.5, 0.6) is 0 Å². The van der Waals surface area contributed by atoms with Crippen LogP contribution in [0.25, 0.3) is 0 Å². The van der Waals surface area contributed by atoms with Crippen LogP contribution in [0.15, 0.2) is 83.3 Å². The van der Waals surface area contributed by atoms with Crippen LogP contribution in [0.2, 0.25) is 5.02 Å². The standard InChI is InChI=1S/C23H15BrClNO4/c24-16-10-6-15(7-11-16)20-29-22(28)23(30-20)19(14-8-12-17(25)13-9-14)26(21(23)27)18-4-2-1-3-5-18/h1-13,19-20H/t19-,20-,23-/m0/s1. The van der Waals surface area contributed by atoms with E-state index >= 15 is 0 Å². The van der Waals surface area contributed by atoms with Crippen molar-refractivity contribution in [3.63, 3.8) is 0 Å². The molecule has 2 saturated heterocycles. The van der Waals surface area contributed by atoms with Crippen molar-refractivity contribution in [3.05, 3.63) is 99.5 Å². The third-order valence-electron chi connectivity index (χ3n) is 5.35. The molecule has 3 atom stereocenters. The van der Waals surface area contributed by atoms with Gasteiger partial charge in [-0.05, 0) is 42.0 Å². The zero-order chi connectivity index (χ0) is 20.9. The molecule has 1 amide bonds. The number of anilines is 1. The Morgan fingerprint density at radius 3 is 2.17 bits per heavy atom. The molecule has 2 heterocycles. The van der Waals surface area contributed by atoms with Gasteiger partial charge in [0, 0.05) is 20.7 Å². The maximum atomic E-state index is 13.3. The van der Waals surface area contributed by atoms with Gasteiger partial charge in [-0.3, -0.25) is 9.69 Å². The minimum Gasteiger partial charge on any atom is -0.429 e. The Kier molecular flexibility index (Phi) is 4.65. The topological polar surface area (TPSA) is 55.8 Å². The number of β-lactam (4-membered cyclic amide) rings is 1. The van der Waals surface area contributed by atoms with Crippen LogP contribution in [0, 0.1) is 0 Å². The Balaban J connectivity index is 1.57. The molecule has 5 rings (SSSR count). The summed E-state index contributed by atoms with van der Waals surface area (Å²) in [5.74, 6) is -1.13. The highest BCUT2D eigenvalue weighted by atomic mass is 79.9. The molecule has 3 aromatic carbocycles. The smallest absolute Gasteiger partial charge is 0.353 e. The molecule has 0 aliphatic carbocycles. The number of esters is 1. The van der Waals surface area contributed by atoms with Crippen molar-refractivity contribution in [1.82, 2.24) is 0 Å². The second-order valence-corrected chi connectivity index (χ2v) is 8.46. The molecule has 0 N–H and O–H groups in total. The van der Waals surface area contributed by atoms with Gasteiger partial charge in [-0.1, -0.05) is 70.0 Å². The van der Waals surface area contributed by atoms with Crippen LogP contribution in [-0.4, -0.2) is 17.5 Å². The Hall–Kier alpha value is -2.67. The molecule has 0 unspecified atom stereocenters. The van der Waals surface area contributed by atoms with E-state index in [4.69, 9.17) is 21.1 Å². The third kappa shape index (κ3) is 2.87. The average Bonchev–Trinajstić information content (AvgIpc) is 3.13. The van der Waals surface area contributed by atoms with Gasteiger partial charge in [-0.25, -0.2) is 4.79 Å². The van der Waals surface area contributed by atoms with Crippen molar-refractivity contribution in [3.8, 4) is 0 Å². The van der Waals surface area contributed by atoms with Gasteiger partial charge in [0.1, 0.15) is 6.04 Å². The molecule has 5 nitrogen and oxygen atoms in total. The number of cyclic esters (lactones) is 1. The predicted molar refractivity (Wildman–Crippen MR) is 115 cm³/mol. The number of benzene rings is 3. The first-order valence-electron chi connectivity index (χ1n) is 9.29. The number of hydrogen-bond donors (Lipinski definition) is 0. The molecule has 150 valence electrons. The monoisotopic (exact) mass is 483 g/mol. The van der Waals surface area contributed by atoms with Gasteiger partial charge in [0.25, 0.3) is 11.5 Å². The molecular weight excluding hydrogens is 470 g/mol. The fraction of sp³-hybridized carbons (Fsp3) is 0.130. The zero-order valence-electron chi connectivity index (χ0n) is 15.5. The molecule has 2 aliphatic heterocycles. The highest BCUT2D eigenvalue weighted by Crippen LogP contribution is 2.54. The highest BCUT2D eigenvalue weighted by molar-refractivity contribution is 9.10. The lowest BCUT2D eigenvalue weighted by Gasteiger charge is -2.50. The fourth-order valence-electron chi connectivity index (χ4n) is 3.91. The number of carbonyl (C=O) groups excluding carboxylic acids is 2. The number of carbonyl (C=O) groups is 2. The summed E-state index contributed by atoms with van der Waals surface area (Å²) in [6.07, 6.45) is -0.956. The van der Waals surface area contributed by atoms with Crippen LogP contribution in [0.4, 0.5) is 5.69 Å². The zero-order valence-corrected chi connectivity index (χ0v) is 17.8. The van der Waals surface area contributed by atoms with E-state index in [0.717, 1.165) is 10.0 Å². The van der Waals surface area contributed by atoms with E-state index in [1.165, 1.54) is 0 Å². The quantitative estimate of drug-likeness (QED) is 0.291. The van der Waals surface area contributed by atoms with E-state index < -0.39 is 29.8 Å². The van der Waals surface area contributed by atoms with Crippen molar-refractivity contribution in [2.75, 3.05) is 4.90 Å². The lowest BCUT2D eigenvalue weighted by molar-refractivity contribution is -0.168. The predicted octanol–water partition coefficient (Wildman–Crippen LogP) is 5.20. The average molecular weight is 485 g/mol. The number of amides is 1. The minimum atomic E-state index is -1.73. The van der Waals surface area contributed by atoms with Gasteiger partial charge in [-0.15, -0.1) is 0 Å². The number of rotatable bonds is 3. The molecule has 2 aliphatic rings. The van der Waals surface area contributed by atoms with Crippen LogP contribution < -0.4 is 4.90 Å². The Labute approximate surface area is 186 Å². The second kappa shape index (κ2) is 7.23. The molecule has 30 heavy (non-hydrogen) atoms.